The average Bonchev–Trinajstić information content (AvgIpc) is 2.51. The Balaban J connectivity index is 3.34. The second-order valence-electron chi connectivity index (χ2n) is 5.22. The Morgan fingerprint density at radius 2 is 1.71 bits per heavy atom. The molecule has 0 saturated carbocycles. The highest BCUT2D eigenvalue weighted by molar-refractivity contribution is 5.98. The van der Waals surface area contributed by atoms with Crippen LogP contribution in [0.2, 0.25) is 0 Å². The summed E-state index contributed by atoms with van der Waals surface area (Å²) in [6.07, 6.45) is 0. The molecule has 6 heteroatoms. The van der Waals surface area contributed by atoms with E-state index in [1.807, 2.05) is 0 Å². The maximum Gasteiger partial charge on any atom is 0.258 e. The summed E-state index contributed by atoms with van der Waals surface area (Å²) in [5.74, 6) is 0.880. The lowest BCUT2D eigenvalue weighted by molar-refractivity contribution is 0.0469. The molecule has 1 amide bonds. The molecule has 0 radical (unpaired) electrons. The summed E-state index contributed by atoms with van der Waals surface area (Å²) in [6, 6.07) is 3.26. The minimum atomic E-state index is -0.685. The van der Waals surface area contributed by atoms with Crippen LogP contribution in [0.1, 0.15) is 24.2 Å². The number of hydrogen-bond donors (Lipinski definition) is 1. The third-order valence-corrected chi connectivity index (χ3v) is 3.53. The first-order chi connectivity index (χ1) is 9.83. The molecule has 1 aromatic carbocycles. The van der Waals surface area contributed by atoms with E-state index in [-0.39, 0.29) is 12.5 Å². The zero-order valence-corrected chi connectivity index (χ0v) is 13.4. The standard InChI is InChI=1S/C15H23NO5/c1-15(2,9-17)16(3)14(18)10-7-8-11(19-4)13(21-6)12(10)20-5/h7-8,17H,9H2,1-6H3. The fourth-order valence-electron chi connectivity index (χ4n) is 1.83. The second kappa shape index (κ2) is 6.67. The number of aliphatic hydroxyl groups is 1. The lowest BCUT2D eigenvalue weighted by Crippen LogP contribution is -2.47. The number of amides is 1. The van der Waals surface area contributed by atoms with E-state index in [9.17, 15) is 9.90 Å². The maximum absolute atomic E-state index is 12.6. The van der Waals surface area contributed by atoms with Gasteiger partial charge in [0.2, 0.25) is 5.75 Å². The minimum absolute atomic E-state index is 0.148. The van der Waals surface area contributed by atoms with Crippen LogP contribution in [0, 0.1) is 0 Å². The smallest absolute Gasteiger partial charge is 0.258 e. The van der Waals surface area contributed by atoms with Gasteiger partial charge in [-0.3, -0.25) is 4.79 Å². The normalized spacial score (nSPS) is 11.0. The van der Waals surface area contributed by atoms with Crippen molar-refractivity contribution >= 4 is 5.91 Å². The largest absolute Gasteiger partial charge is 0.493 e. The van der Waals surface area contributed by atoms with Crippen molar-refractivity contribution in [2.45, 2.75) is 19.4 Å². The van der Waals surface area contributed by atoms with Crippen LogP contribution in [-0.2, 0) is 0 Å². The molecule has 1 aromatic rings. The molecular weight excluding hydrogens is 274 g/mol. The van der Waals surface area contributed by atoms with E-state index in [4.69, 9.17) is 14.2 Å². The lowest BCUT2D eigenvalue weighted by atomic mass is 10.0. The Morgan fingerprint density at radius 3 is 2.14 bits per heavy atom. The van der Waals surface area contributed by atoms with Gasteiger partial charge in [0.05, 0.1) is 39.0 Å². The Bertz CT molecular complexity index is 513. The Labute approximate surface area is 125 Å². The van der Waals surface area contributed by atoms with Crippen molar-refractivity contribution in [1.82, 2.24) is 4.90 Å². The van der Waals surface area contributed by atoms with Crippen LogP contribution in [0.4, 0.5) is 0 Å². The molecule has 0 fully saturated rings. The summed E-state index contributed by atoms with van der Waals surface area (Å²) in [7, 11) is 6.09. The first-order valence-electron chi connectivity index (χ1n) is 6.52. The Morgan fingerprint density at radius 1 is 1.14 bits per heavy atom. The van der Waals surface area contributed by atoms with Crippen molar-refractivity contribution in [2.24, 2.45) is 0 Å². The van der Waals surface area contributed by atoms with Gasteiger partial charge in [0, 0.05) is 7.05 Å². The van der Waals surface area contributed by atoms with E-state index in [0.29, 0.717) is 22.8 Å². The summed E-state index contributed by atoms with van der Waals surface area (Å²) < 4.78 is 15.8. The average molecular weight is 297 g/mol. The van der Waals surface area contributed by atoms with Gasteiger partial charge >= 0.3 is 0 Å². The van der Waals surface area contributed by atoms with E-state index in [1.54, 1.807) is 33.0 Å². The number of rotatable bonds is 6. The van der Waals surface area contributed by atoms with Gasteiger partial charge in [-0.2, -0.15) is 0 Å². The van der Waals surface area contributed by atoms with Crippen LogP contribution in [0.3, 0.4) is 0 Å². The zero-order chi connectivity index (χ0) is 16.2. The van der Waals surface area contributed by atoms with E-state index >= 15 is 0 Å². The van der Waals surface area contributed by atoms with E-state index in [0.717, 1.165) is 0 Å². The van der Waals surface area contributed by atoms with Gasteiger partial charge < -0.3 is 24.2 Å². The highest BCUT2D eigenvalue weighted by atomic mass is 16.5. The summed E-state index contributed by atoms with van der Waals surface area (Å²) in [5.41, 5.74) is -0.339. The Kier molecular flexibility index (Phi) is 5.43. The molecule has 0 aromatic heterocycles. The number of methoxy groups -OCH3 is 3. The summed E-state index contributed by atoms with van der Waals surface area (Å²) in [6.45, 7) is 3.40. The molecule has 118 valence electrons. The molecule has 1 N–H and O–H groups in total. The van der Waals surface area contributed by atoms with Crippen LogP contribution >= 0.6 is 0 Å². The minimum Gasteiger partial charge on any atom is -0.493 e. The fourth-order valence-corrected chi connectivity index (χ4v) is 1.83. The third kappa shape index (κ3) is 3.21. The molecule has 0 heterocycles. The first kappa shape index (κ1) is 17.1. The summed E-state index contributed by atoms with van der Waals surface area (Å²) >= 11 is 0. The molecule has 6 nitrogen and oxygen atoms in total. The number of hydrogen-bond acceptors (Lipinski definition) is 5. The van der Waals surface area contributed by atoms with Gasteiger partial charge in [0.15, 0.2) is 11.5 Å². The molecule has 21 heavy (non-hydrogen) atoms. The molecule has 0 aliphatic heterocycles. The number of carbonyl (C=O) groups is 1. The van der Waals surface area contributed by atoms with Gasteiger partial charge in [-0.05, 0) is 26.0 Å². The number of aliphatic hydroxyl groups excluding tert-OH is 1. The molecule has 0 spiro atoms. The van der Waals surface area contributed by atoms with Crippen molar-refractivity contribution in [3.05, 3.63) is 17.7 Å². The van der Waals surface area contributed by atoms with Gasteiger partial charge in [0.25, 0.3) is 5.91 Å². The predicted octanol–water partition coefficient (Wildman–Crippen LogP) is 1.56. The molecule has 0 saturated heterocycles. The molecule has 0 aliphatic rings. The molecule has 0 atom stereocenters. The van der Waals surface area contributed by atoms with Gasteiger partial charge in [-0.25, -0.2) is 0 Å². The van der Waals surface area contributed by atoms with Gasteiger partial charge in [-0.1, -0.05) is 0 Å². The fraction of sp³-hybridized carbons (Fsp3) is 0.533. The van der Waals surface area contributed by atoms with Crippen molar-refractivity contribution in [2.75, 3.05) is 35.0 Å². The number of ether oxygens (including phenoxy) is 3. The van der Waals surface area contributed by atoms with Crippen molar-refractivity contribution in [3.8, 4) is 17.2 Å². The predicted molar refractivity (Wildman–Crippen MR) is 79.4 cm³/mol. The Hall–Kier alpha value is -1.95. The molecular formula is C15H23NO5. The van der Waals surface area contributed by atoms with Crippen molar-refractivity contribution in [1.29, 1.82) is 0 Å². The topological polar surface area (TPSA) is 68.2 Å². The maximum atomic E-state index is 12.6. The highest BCUT2D eigenvalue weighted by Crippen LogP contribution is 2.40. The lowest BCUT2D eigenvalue weighted by Gasteiger charge is -2.34. The van der Waals surface area contributed by atoms with E-state index in [2.05, 4.69) is 0 Å². The monoisotopic (exact) mass is 297 g/mol. The number of likely N-dealkylation sites (N-methyl/N-ethyl adjacent to an activating group) is 1. The van der Waals surface area contributed by atoms with Crippen LogP contribution in [-0.4, -0.2) is 56.4 Å². The first-order valence-corrected chi connectivity index (χ1v) is 6.52. The summed E-state index contributed by atoms with van der Waals surface area (Å²) in [5, 5.41) is 9.40. The van der Waals surface area contributed by atoms with Crippen LogP contribution in [0.25, 0.3) is 0 Å². The van der Waals surface area contributed by atoms with E-state index < -0.39 is 5.54 Å². The molecule has 0 bridgehead atoms. The number of carbonyl (C=O) groups excluding carboxylic acids is 1. The van der Waals surface area contributed by atoms with Crippen LogP contribution in [0.15, 0.2) is 12.1 Å². The van der Waals surface area contributed by atoms with Crippen LogP contribution < -0.4 is 14.2 Å². The molecule has 0 unspecified atom stereocenters. The SMILES string of the molecule is COc1ccc(C(=O)N(C)C(C)(C)CO)c(OC)c1OC. The third-order valence-electron chi connectivity index (χ3n) is 3.53. The highest BCUT2D eigenvalue weighted by Gasteiger charge is 2.30. The van der Waals surface area contributed by atoms with Gasteiger partial charge in [-0.15, -0.1) is 0 Å². The zero-order valence-electron chi connectivity index (χ0n) is 13.4. The second-order valence-corrected chi connectivity index (χ2v) is 5.22. The quantitative estimate of drug-likeness (QED) is 0.863. The van der Waals surface area contributed by atoms with Crippen molar-refractivity contribution in [3.63, 3.8) is 0 Å². The van der Waals surface area contributed by atoms with E-state index in [1.165, 1.54) is 26.2 Å². The molecule has 1 rings (SSSR count). The molecule has 0 aliphatic carbocycles. The van der Waals surface area contributed by atoms with Crippen LogP contribution in [0.5, 0.6) is 17.2 Å². The number of nitrogens with zero attached hydrogens (tertiary/aromatic N) is 1. The van der Waals surface area contributed by atoms with Crippen molar-refractivity contribution < 1.29 is 24.1 Å². The van der Waals surface area contributed by atoms with Gasteiger partial charge in [0.1, 0.15) is 0 Å². The number of benzene rings is 1. The summed E-state index contributed by atoms with van der Waals surface area (Å²) in [4.78, 5) is 14.1.